The molecule has 136 valence electrons. The summed E-state index contributed by atoms with van der Waals surface area (Å²) in [5.41, 5.74) is 8.73. The Morgan fingerprint density at radius 3 is 2.52 bits per heavy atom. The molecule has 0 radical (unpaired) electrons. The minimum absolute atomic E-state index is 0.0536. The van der Waals surface area contributed by atoms with Crippen molar-refractivity contribution in [1.82, 2.24) is 14.9 Å². The first-order chi connectivity index (χ1) is 11.9. The monoisotopic (exact) mass is 342 g/mol. The van der Waals surface area contributed by atoms with Crippen molar-refractivity contribution in [2.75, 3.05) is 19.7 Å². The first-order valence-electron chi connectivity index (χ1n) is 8.83. The van der Waals surface area contributed by atoms with Crippen LogP contribution in [0.2, 0.25) is 0 Å². The molecule has 0 bridgehead atoms. The lowest BCUT2D eigenvalue weighted by atomic mass is 9.88. The zero-order valence-corrected chi connectivity index (χ0v) is 15.8. The average Bonchev–Trinajstić information content (AvgIpc) is 2.60. The summed E-state index contributed by atoms with van der Waals surface area (Å²) < 4.78 is 5.88. The Kier molecular flexibility index (Phi) is 6.91. The van der Waals surface area contributed by atoms with Gasteiger partial charge >= 0.3 is 0 Å². The van der Waals surface area contributed by atoms with Gasteiger partial charge in [0, 0.05) is 31.7 Å². The van der Waals surface area contributed by atoms with Crippen LogP contribution in [0.3, 0.4) is 0 Å². The predicted octanol–water partition coefficient (Wildman–Crippen LogP) is 3.00. The lowest BCUT2D eigenvalue weighted by molar-refractivity contribution is 0.213. The second-order valence-corrected chi connectivity index (χ2v) is 7.41. The van der Waals surface area contributed by atoms with E-state index in [1.807, 2.05) is 36.8 Å². The molecule has 0 aliphatic rings. The van der Waals surface area contributed by atoms with Crippen molar-refractivity contribution in [2.24, 2.45) is 5.73 Å². The van der Waals surface area contributed by atoms with Crippen LogP contribution in [0.1, 0.15) is 38.8 Å². The Hall–Kier alpha value is -1.98. The third-order valence-electron chi connectivity index (χ3n) is 4.14. The quantitative estimate of drug-likeness (QED) is 0.799. The Labute approximate surface area is 151 Å². The third kappa shape index (κ3) is 6.44. The molecule has 5 heteroatoms. The summed E-state index contributed by atoms with van der Waals surface area (Å²) in [6, 6.07) is 6.07. The molecule has 0 saturated carbocycles. The van der Waals surface area contributed by atoms with Crippen molar-refractivity contribution >= 4 is 0 Å². The maximum absolute atomic E-state index is 6.28. The number of hydrogen-bond donors (Lipinski definition) is 1. The Morgan fingerprint density at radius 1 is 1.16 bits per heavy atom. The molecule has 0 amide bonds. The molecule has 0 spiro atoms. The van der Waals surface area contributed by atoms with Gasteiger partial charge in [0.05, 0.1) is 12.2 Å². The molecule has 0 aliphatic carbocycles. The number of nitrogens with two attached hydrogens (primary N) is 1. The highest BCUT2D eigenvalue weighted by atomic mass is 16.5. The number of rotatable bonds is 8. The van der Waals surface area contributed by atoms with Crippen LogP contribution in [0, 0.1) is 0 Å². The highest BCUT2D eigenvalue weighted by Gasteiger charge is 2.15. The van der Waals surface area contributed by atoms with Crippen molar-refractivity contribution in [3.05, 3.63) is 54.1 Å². The zero-order chi connectivity index (χ0) is 18.3. The van der Waals surface area contributed by atoms with Crippen molar-refractivity contribution < 1.29 is 4.74 Å². The van der Waals surface area contributed by atoms with E-state index in [2.05, 4.69) is 42.6 Å². The molecule has 2 aromatic heterocycles. The molecule has 0 saturated heterocycles. The van der Waals surface area contributed by atoms with Crippen molar-refractivity contribution in [2.45, 2.75) is 45.7 Å². The fraction of sp³-hybridized carbons (Fsp3) is 0.500. The molecule has 2 heterocycles. The molecule has 25 heavy (non-hydrogen) atoms. The maximum atomic E-state index is 6.28. The molecular weight excluding hydrogens is 312 g/mol. The highest BCUT2D eigenvalue weighted by molar-refractivity contribution is 5.28. The molecular formula is C20H30N4O. The van der Waals surface area contributed by atoms with E-state index in [-0.39, 0.29) is 11.5 Å². The van der Waals surface area contributed by atoms with Gasteiger partial charge < -0.3 is 10.5 Å². The SMILES string of the molecule is CCN(Cc1ccncc1)C[C@H](N)COc1cncc(C(C)(C)C)c1. The molecule has 5 nitrogen and oxygen atoms in total. The van der Waals surface area contributed by atoms with Gasteiger partial charge in [-0.05, 0) is 41.3 Å². The van der Waals surface area contributed by atoms with Gasteiger partial charge in [-0.1, -0.05) is 27.7 Å². The van der Waals surface area contributed by atoms with E-state index < -0.39 is 0 Å². The smallest absolute Gasteiger partial charge is 0.137 e. The van der Waals surface area contributed by atoms with E-state index in [0.717, 1.165) is 30.9 Å². The molecule has 0 aromatic carbocycles. The predicted molar refractivity (Wildman–Crippen MR) is 102 cm³/mol. The van der Waals surface area contributed by atoms with Crippen LogP contribution in [0.5, 0.6) is 5.75 Å². The third-order valence-corrected chi connectivity index (χ3v) is 4.14. The van der Waals surface area contributed by atoms with E-state index in [1.54, 1.807) is 6.20 Å². The zero-order valence-electron chi connectivity index (χ0n) is 15.8. The summed E-state index contributed by atoms with van der Waals surface area (Å²) in [5.74, 6) is 0.778. The van der Waals surface area contributed by atoms with Crippen LogP contribution in [0.4, 0.5) is 0 Å². The lowest BCUT2D eigenvalue weighted by Crippen LogP contribution is -2.40. The van der Waals surface area contributed by atoms with Crippen molar-refractivity contribution in [1.29, 1.82) is 0 Å². The highest BCUT2D eigenvalue weighted by Crippen LogP contribution is 2.24. The minimum Gasteiger partial charge on any atom is -0.490 e. The molecule has 1 atom stereocenters. The van der Waals surface area contributed by atoms with E-state index in [0.29, 0.717) is 6.61 Å². The Balaban J connectivity index is 1.86. The van der Waals surface area contributed by atoms with Crippen molar-refractivity contribution in [3.8, 4) is 5.75 Å². The standard InChI is InChI=1S/C20H30N4O/c1-5-24(13-16-6-8-22-9-7-16)14-18(21)15-25-19-10-17(11-23-12-19)20(2,3)4/h6-12,18H,5,13-15,21H2,1-4H3/t18-/m0/s1. The van der Waals surface area contributed by atoms with Gasteiger partial charge in [-0.2, -0.15) is 0 Å². The van der Waals surface area contributed by atoms with Crippen LogP contribution >= 0.6 is 0 Å². The Bertz CT molecular complexity index is 640. The number of likely N-dealkylation sites (N-methyl/N-ethyl adjacent to an activating group) is 1. The summed E-state index contributed by atoms with van der Waals surface area (Å²) in [6.07, 6.45) is 7.28. The summed E-state index contributed by atoms with van der Waals surface area (Å²) in [5, 5.41) is 0. The minimum atomic E-state index is -0.0555. The van der Waals surface area contributed by atoms with E-state index >= 15 is 0 Å². The molecule has 2 aromatic rings. The lowest BCUT2D eigenvalue weighted by Gasteiger charge is -2.24. The number of nitrogens with zero attached hydrogens (tertiary/aromatic N) is 3. The van der Waals surface area contributed by atoms with Gasteiger partial charge in [-0.25, -0.2) is 0 Å². The average molecular weight is 342 g/mol. The van der Waals surface area contributed by atoms with E-state index in [9.17, 15) is 0 Å². The second kappa shape index (κ2) is 8.92. The summed E-state index contributed by atoms with van der Waals surface area (Å²) in [4.78, 5) is 10.7. The second-order valence-electron chi connectivity index (χ2n) is 7.41. The van der Waals surface area contributed by atoms with Crippen LogP contribution in [0.25, 0.3) is 0 Å². The maximum Gasteiger partial charge on any atom is 0.137 e. The fourth-order valence-electron chi connectivity index (χ4n) is 2.55. The van der Waals surface area contributed by atoms with E-state index in [1.165, 1.54) is 5.56 Å². The number of hydrogen-bond acceptors (Lipinski definition) is 5. The molecule has 0 unspecified atom stereocenters. The molecule has 2 rings (SSSR count). The van der Waals surface area contributed by atoms with Crippen LogP contribution in [0.15, 0.2) is 43.0 Å². The van der Waals surface area contributed by atoms with Gasteiger partial charge in [0.25, 0.3) is 0 Å². The normalized spacial score (nSPS) is 13.0. The summed E-state index contributed by atoms with van der Waals surface area (Å²) in [6.45, 7) is 11.7. The van der Waals surface area contributed by atoms with Gasteiger partial charge in [0.15, 0.2) is 0 Å². The number of pyridine rings is 2. The first-order valence-corrected chi connectivity index (χ1v) is 8.83. The van der Waals surface area contributed by atoms with Crippen LogP contribution in [-0.2, 0) is 12.0 Å². The van der Waals surface area contributed by atoms with Gasteiger partial charge in [0.1, 0.15) is 12.4 Å². The fourth-order valence-corrected chi connectivity index (χ4v) is 2.55. The van der Waals surface area contributed by atoms with Gasteiger partial charge in [-0.15, -0.1) is 0 Å². The van der Waals surface area contributed by atoms with Crippen molar-refractivity contribution in [3.63, 3.8) is 0 Å². The molecule has 0 aliphatic heterocycles. The topological polar surface area (TPSA) is 64.3 Å². The molecule has 2 N–H and O–H groups in total. The number of ether oxygens (including phenoxy) is 1. The van der Waals surface area contributed by atoms with Crippen LogP contribution in [-0.4, -0.2) is 40.6 Å². The Morgan fingerprint density at radius 2 is 1.88 bits per heavy atom. The summed E-state index contributed by atoms with van der Waals surface area (Å²) >= 11 is 0. The van der Waals surface area contributed by atoms with Gasteiger partial charge in [-0.3, -0.25) is 14.9 Å². The molecule has 0 fully saturated rings. The largest absolute Gasteiger partial charge is 0.490 e. The first kappa shape index (κ1) is 19.3. The van der Waals surface area contributed by atoms with Crippen LogP contribution < -0.4 is 10.5 Å². The van der Waals surface area contributed by atoms with Gasteiger partial charge in [0.2, 0.25) is 0 Å². The number of aromatic nitrogens is 2. The summed E-state index contributed by atoms with van der Waals surface area (Å²) in [7, 11) is 0. The van der Waals surface area contributed by atoms with E-state index in [4.69, 9.17) is 10.5 Å².